The summed E-state index contributed by atoms with van der Waals surface area (Å²) in [5.74, 6) is 2.67. The molecule has 0 bridgehead atoms. The molecule has 0 aromatic heterocycles. The third-order valence-corrected chi connectivity index (χ3v) is 3.62. The number of benzene rings is 3. The summed E-state index contributed by atoms with van der Waals surface area (Å²) in [6.45, 7) is 0. The summed E-state index contributed by atoms with van der Waals surface area (Å²) in [6, 6.07) is 22.1. The molecule has 0 aliphatic rings. The lowest BCUT2D eigenvalue weighted by atomic mass is 10.0. The normalized spacial score (nSPS) is 9.88. The highest BCUT2D eigenvalue weighted by Gasteiger charge is 2.17. The van der Waals surface area contributed by atoms with Crippen LogP contribution in [-0.4, -0.2) is 11.6 Å². The van der Waals surface area contributed by atoms with Crippen LogP contribution in [0.2, 0.25) is 0 Å². The number of carbonyl (C=O) groups is 2. The predicted octanol–water partition coefficient (Wildman–Crippen LogP) is 4.53. The summed E-state index contributed by atoms with van der Waals surface area (Å²) in [6.07, 6.45) is 5.31. The van der Waals surface area contributed by atoms with Crippen molar-refractivity contribution in [2.24, 2.45) is 0 Å². The van der Waals surface area contributed by atoms with E-state index < -0.39 is 11.6 Å². The van der Waals surface area contributed by atoms with Gasteiger partial charge in [0.25, 0.3) is 0 Å². The van der Waals surface area contributed by atoms with Gasteiger partial charge in [-0.3, -0.25) is 9.59 Å². The molecule has 0 aliphatic heterocycles. The van der Waals surface area contributed by atoms with Crippen molar-refractivity contribution < 1.29 is 14.3 Å². The molecular weight excluding hydrogens is 312 g/mol. The lowest BCUT2D eigenvalue weighted by molar-refractivity contribution is 0.0817. The van der Waals surface area contributed by atoms with Crippen LogP contribution >= 0.6 is 0 Å². The van der Waals surface area contributed by atoms with E-state index in [0.717, 1.165) is 5.56 Å². The molecule has 0 atom stereocenters. The van der Waals surface area contributed by atoms with Crippen molar-refractivity contribution >= 4 is 11.6 Å². The Kier molecular flexibility index (Phi) is 4.73. The highest BCUT2D eigenvalue weighted by Crippen LogP contribution is 2.22. The smallest absolute Gasteiger partial charge is 0.233 e. The molecule has 0 amide bonds. The Morgan fingerprint density at radius 1 is 0.680 bits per heavy atom. The minimum atomic E-state index is -0.545. The van der Waals surface area contributed by atoms with Crippen LogP contribution < -0.4 is 4.74 Å². The molecule has 3 heteroatoms. The number of ketones is 2. The van der Waals surface area contributed by atoms with Crippen LogP contribution in [0.4, 0.5) is 0 Å². The summed E-state index contributed by atoms with van der Waals surface area (Å²) in [4.78, 5) is 24.5. The highest BCUT2D eigenvalue weighted by molar-refractivity contribution is 6.49. The van der Waals surface area contributed by atoms with E-state index in [2.05, 4.69) is 5.92 Å². The third-order valence-electron chi connectivity index (χ3n) is 3.62. The molecule has 0 fully saturated rings. The molecule has 3 rings (SSSR count). The van der Waals surface area contributed by atoms with Crippen LogP contribution in [0.15, 0.2) is 78.9 Å². The van der Waals surface area contributed by atoms with Gasteiger partial charge in [0.2, 0.25) is 11.6 Å². The van der Waals surface area contributed by atoms with Crippen molar-refractivity contribution in [3.05, 3.63) is 95.6 Å². The number of terminal acetylenes is 1. The van der Waals surface area contributed by atoms with Gasteiger partial charge >= 0.3 is 0 Å². The molecule has 0 saturated heterocycles. The number of Topliss-reactive ketones (excluding diaryl/α,β-unsaturated/α-hetero) is 2. The van der Waals surface area contributed by atoms with Gasteiger partial charge < -0.3 is 4.74 Å². The molecule has 25 heavy (non-hydrogen) atoms. The average molecular weight is 326 g/mol. The van der Waals surface area contributed by atoms with Crippen molar-refractivity contribution in [3.63, 3.8) is 0 Å². The molecule has 0 heterocycles. The maximum atomic E-state index is 12.3. The molecule has 3 nitrogen and oxygen atoms in total. The molecule has 0 aliphatic carbocycles. The Morgan fingerprint density at radius 3 is 1.68 bits per heavy atom. The molecule has 0 saturated carbocycles. The molecule has 120 valence electrons. The largest absolute Gasteiger partial charge is 0.457 e. The first-order chi connectivity index (χ1) is 12.2. The Labute approximate surface area is 145 Å². The first-order valence-electron chi connectivity index (χ1n) is 7.66. The monoisotopic (exact) mass is 326 g/mol. The van der Waals surface area contributed by atoms with Crippen LogP contribution in [0.25, 0.3) is 0 Å². The number of hydrogen-bond donors (Lipinski definition) is 0. The Morgan fingerprint density at radius 2 is 1.16 bits per heavy atom. The molecule has 0 radical (unpaired) electrons. The van der Waals surface area contributed by atoms with Gasteiger partial charge in [-0.25, -0.2) is 0 Å². The number of carbonyl (C=O) groups excluding carboxylic acids is 2. The molecule has 3 aromatic carbocycles. The van der Waals surface area contributed by atoms with Gasteiger partial charge in [0.15, 0.2) is 0 Å². The fraction of sp³-hybridized carbons (Fsp3) is 0. The van der Waals surface area contributed by atoms with Crippen molar-refractivity contribution in [1.29, 1.82) is 0 Å². The molecule has 3 aromatic rings. The van der Waals surface area contributed by atoms with Crippen molar-refractivity contribution in [1.82, 2.24) is 0 Å². The highest BCUT2D eigenvalue weighted by atomic mass is 16.5. The molecular formula is C22H14O3. The fourth-order valence-corrected chi connectivity index (χ4v) is 2.28. The van der Waals surface area contributed by atoms with Crippen LogP contribution in [0, 0.1) is 12.3 Å². The molecule has 0 unspecified atom stereocenters. The summed E-state index contributed by atoms with van der Waals surface area (Å²) < 4.78 is 5.69. The first kappa shape index (κ1) is 16.2. The van der Waals surface area contributed by atoms with Gasteiger partial charge in [-0.05, 0) is 48.5 Å². The van der Waals surface area contributed by atoms with E-state index in [1.165, 1.54) is 0 Å². The summed E-state index contributed by atoms with van der Waals surface area (Å²) in [5.41, 5.74) is 1.47. The third kappa shape index (κ3) is 3.82. The summed E-state index contributed by atoms with van der Waals surface area (Å²) in [5, 5.41) is 0. The van der Waals surface area contributed by atoms with E-state index in [0.29, 0.717) is 22.6 Å². The Hall–Kier alpha value is -3.64. The average Bonchev–Trinajstić information content (AvgIpc) is 2.69. The zero-order valence-electron chi connectivity index (χ0n) is 13.3. The van der Waals surface area contributed by atoms with Gasteiger partial charge in [0, 0.05) is 16.7 Å². The van der Waals surface area contributed by atoms with Crippen LogP contribution in [0.1, 0.15) is 26.3 Å². The standard InChI is InChI=1S/C22H14O3/c1-2-16-8-12-19(13-9-16)25-20-14-10-18(11-15-20)22(24)21(23)17-6-4-3-5-7-17/h1,3-15H. The van der Waals surface area contributed by atoms with Gasteiger partial charge in [-0.2, -0.15) is 0 Å². The number of rotatable bonds is 5. The fourth-order valence-electron chi connectivity index (χ4n) is 2.28. The maximum absolute atomic E-state index is 12.3. The van der Waals surface area contributed by atoms with E-state index in [4.69, 9.17) is 11.2 Å². The SMILES string of the molecule is C#Cc1ccc(Oc2ccc(C(=O)C(=O)c3ccccc3)cc2)cc1. The van der Waals surface area contributed by atoms with E-state index >= 15 is 0 Å². The number of hydrogen-bond acceptors (Lipinski definition) is 3. The van der Waals surface area contributed by atoms with Gasteiger partial charge in [0.1, 0.15) is 11.5 Å². The quantitative estimate of drug-likeness (QED) is 0.393. The zero-order valence-corrected chi connectivity index (χ0v) is 13.3. The lowest BCUT2D eigenvalue weighted by Crippen LogP contribution is -2.14. The Bertz CT molecular complexity index is 931. The zero-order chi connectivity index (χ0) is 17.6. The van der Waals surface area contributed by atoms with E-state index in [1.54, 1.807) is 78.9 Å². The van der Waals surface area contributed by atoms with Gasteiger partial charge in [-0.15, -0.1) is 6.42 Å². The van der Waals surface area contributed by atoms with Gasteiger partial charge in [-0.1, -0.05) is 36.3 Å². The second-order valence-electron chi connectivity index (χ2n) is 5.32. The van der Waals surface area contributed by atoms with Crippen molar-refractivity contribution in [2.75, 3.05) is 0 Å². The van der Waals surface area contributed by atoms with Crippen LogP contribution in [-0.2, 0) is 0 Å². The lowest BCUT2D eigenvalue weighted by Gasteiger charge is -2.06. The predicted molar refractivity (Wildman–Crippen MR) is 96.0 cm³/mol. The van der Waals surface area contributed by atoms with Gasteiger partial charge in [0.05, 0.1) is 0 Å². The first-order valence-corrected chi connectivity index (χ1v) is 7.66. The summed E-state index contributed by atoms with van der Waals surface area (Å²) >= 11 is 0. The second kappa shape index (κ2) is 7.29. The second-order valence-corrected chi connectivity index (χ2v) is 5.32. The van der Waals surface area contributed by atoms with Crippen molar-refractivity contribution in [3.8, 4) is 23.8 Å². The summed E-state index contributed by atoms with van der Waals surface area (Å²) in [7, 11) is 0. The minimum Gasteiger partial charge on any atom is -0.457 e. The van der Waals surface area contributed by atoms with Crippen LogP contribution in [0.5, 0.6) is 11.5 Å². The van der Waals surface area contributed by atoms with Crippen molar-refractivity contribution in [2.45, 2.75) is 0 Å². The van der Waals surface area contributed by atoms with E-state index in [-0.39, 0.29) is 0 Å². The minimum absolute atomic E-state index is 0.323. The molecule has 0 N–H and O–H groups in total. The number of ether oxygens (including phenoxy) is 1. The van der Waals surface area contributed by atoms with Crippen LogP contribution in [0.3, 0.4) is 0 Å². The Balaban J connectivity index is 1.72. The topological polar surface area (TPSA) is 43.4 Å². The maximum Gasteiger partial charge on any atom is 0.233 e. The molecule has 0 spiro atoms. The van der Waals surface area contributed by atoms with E-state index in [9.17, 15) is 9.59 Å². The van der Waals surface area contributed by atoms with E-state index in [1.807, 2.05) is 0 Å².